The third kappa shape index (κ3) is 29.4. The molecular formula is C12H32B2P2+2. The lowest BCUT2D eigenvalue weighted by Crippen LogP contribution is -2.00. The summed E-state index contributed by atoms with van der Waals surface area (Å²) in [7, 11) is 10.0. The largest absolute Gasteiger partial charge is 0.364 e. The first-order valence-electron chi connectivity index (χ1n) is 5.74. The molecule has 0 rings (SSSR count). The minimum Gasteiger partial charge on any atom is -0.0776 e. The van der Waals surface area contributed by atoms with Gasteiger partial charge in [0, 0.05) is 32.3 Å². The van der Waals surface area contributed by atoms with Crippen LogP contribution in [0.25, 0.3) is 0 Å². The second-order valence-electron chi connectivity index (χ2n) is 5.80. The van der Waals surface area contributed by atoms with E-state index in [0.29, 0.717) is 0 Å². The molecule has 0 aromatic heterocycles. The van der Waals surface area contributed by atoms with Crippen LogP contribution in [0.1, 0.15) is 35.1 Å². The summed E-state index contributed by atoms with van der Waals surface area (Å²) in [5.41, 5.74) is 0. The van der Waals surface area contributed by atoms with E-state index >= 15 is 0 Å². The van der Waals surface area contributed by atoms with Gasteiger partial charge in [0.25, 0.3) is 0 Å². The molecule has 4 heteroatoms. The van der Waals surface area contributed by atoms with E-state index in [9.17, 15) is 0 Å². The van der Waals surface area contributed by atoms with Crippen LogP contribution in [-0.2, 0) is 0 Å². The van der Waals surface area contributed by atoms with Crippen LogP contribution in [0, 0.1) is 11.8 Å². The maximum Gasteiger partial charge on any atom is 0.364 e. The Balaban J connectivity index is -0.000000200. The highest BCUT2D eigenvalue weighted by molar-refractivity contribution is 7.96. The first-order valence-corrected chi connectivity index (χ1v) is 11.0. The van der Waals surface area contributed by atoms with Crippen LogP contribution in [0.4, 0.5) is 0 Å². The van der Waals surface area contributed by atoms with Crippen molar-refractivity contribution in [3.8, 4) is 0 Å². The average Bonchev–Trinajstić information content (AvgIpc) is 1.76. The zero-order chi connectivity index (χ0) is 12.6. The Morgan fingerprint density at radius 1 is 1.06 bits per heavy atom. The van der Waals surface area contributed by atoms with Crippen LogP contribution in [0.2, 0.25) is 0 Å². The summed E-state index contributed by atoms with van der Waals surface area (Å²) in [6.45, 7) is 15.3. The Labute approximate surface area is 110 Å². The van der Waals surface area contributed by atoms with E-state index in [0.717, 1.165) is 11.8 Å². The number of rotatable bonds is 4. The molecule has 0 saturated carbocycles. The average molecular weight is 260 g/mol. The molecule has 0 spiro atoms. The minimum absolute atomic E-state index is 0. The van der Waals surface area contributed by atoms with Gasteiger partial charge in [-0.2, -0.15) is 0 Å². The molecule has 0 fully saturated rings. The van der Waals surface area contributed by atoms with Gasteiger partial charge in [-0.3, -0.25) is 0 Å². The van der Waals surface area contributed by atoms with Gasteiger partial charge in [0.15, 0.2) is 0 Å². The van der Waals surface area contributed by atoms with Gasteiger partial charge in [0.1, 0.15) is 0 Å². The lowest BCUT2D eigenvalue weighted by Gasteiger charge is -2.13. The van der Waals surface area contributed by atoms with Gasteiger partial charge in [-0.15, -0.1) is 0 Å². The van der Waals surface area contributed by atoms with Gasteiger partial charge in [-0.25, -0.2) is 0 Å². The molecule has 16 heavy (non-hydrogen) atoms. The highest BCUT2D eigenvalue weighted by atomic mass is 31.2. The maximum absolute atomic E-state index is 5.85. The highest BCUT2D eigenvalue weighted by Crippen LogP contribution is 2.46. The Kier molecular flexibility index (Phi) is 15.4. The van der Waals surface area contributed by atoms with Crippen LogP contribution in [0.15, 0.2) is 0 Å². The summed E-state index contributed by atoms with van der Waals surface area (Å²) in [5.74, 6) is 1.56. The first kappa shape index (κ1) is 22.2. The Hall–Kier alpha value is 0.990. The molecule has 0 bridgehead atoms. The number of hydrogen-bond acceptors (Lipinski definition) is 0. The van der Waals surface area contributed by atoms with E-state index in [1.165, 1.54) is 12.3 Å². The summed E-state index contributed by atoms with van der Waals surface area (Å²) in [5, 5.41) is 0. The second-order valence-corrected chi connectivity index (χ2v) is 11.8. The monoisotopic (exact) mass is 260 g/mol. The lowest BCUT2D eigenvalue weighted by atomic mass is 10.3. The van der Waals surface area contributed by atoms with Crippen molar-refractivity contribution in [1.29, 1.82) is 0 Å². The van der Waals surface area contributed by atoms with Crippen LogP contribution >= 0.6 is 14.9 Å². The van der Waals surface area contributed by atoms with Crippen molar-refractivity contribution in [2.24, 2.45) is 11.8 Å². The van der Waals surface area contributed by atoms with Crippen LogP contribution in [-0.4, -0.2) is 47.4 Å². The molecule has 0 aliphatic carbocycles. The Bertz CT molecular complexity index is 134. The van der Waals surface area contributed by atoms with Crippen molar-refractivity contribution in [1.82, 2.24) is 0 Å². The Morgan fingerprint density at radius 2 is 1.44 bits per heavy atom. The van der Waals surface area contributed by atoms with Crippen LogP contribution in [0.5, 0.6) is 0 Å². The standard InChI is InChI=1S/C6H15BP.C5H13BP.CH4/c1-6(2)5-8(3,4)7;1-5(2)4-7(3)6;/h6H,5H2,1-4H3;5,7H,4H2,1-3H3;1H4/q2*+1;. The van der Waals surface area contributed by atoms with Crippen molar-refractivity contribution >= 4 is 30.1 Å². The molecule has 0 aliphatic heterocycles. The van der Waals surface area contributed by atoms with Gasteiger partial charge >= 0.3 is 15.1 Å². The fourth-order valence-corrected chi connectivity index (χ4v) is 4.76. The van der Waals surface area contributed by atoms with E-state index in [2.05, 4.69) is 47.7 Å². The highest BCUT2D eigenvalue weighted by Gasteiger charge is 2.18. The fraction of sp³-hybridized carbons (Fsp3) is 1.00. The van der Waals surface area contributed by atoms with Crippen molar-refractivity contribution in [2.75, 3.05) is 32.3 Å². The van der Waals surface area contributed by atoms with Gasteiger partial charge in [-0.05, 0) is 19.0 Å². The summed E-state index contributed by atoms with van der Waals surface area (Å²) < 4.78 is 0. The molecule has 1 unspecified atom stereocenters. The van der Waals surface area contributed by atoms with Gasteiger partial charge in [-0.1, -0.05) is 42.9 Å². The smallest absolute Gasteiger partial charge is 0.0776 e. The fourth-order valence-electron chi connectivity index (χ4n) is 1.59. The predicted octanol–water partition coefficient (Wildman–Crippen LogP) is 4.21. The third-order valence-electron chi connectivity index (χ3n) is 1.57. The van der Waals surface area contributed by atoms with Crippen molar-refractivity contribution in [3.05, 3.63) is 0 Å². The molecule has 94 valence electrons. The van der Waals surface area contributed by atoms with Gasteiger partial charge in [0.05, 0.1) is 0 Å². The summed E-state index contributed by atoms with van der Waals surface area (Å²) in [6.07, 6.45) is 2.46. The van der Waals surface area contributed by atoms with Gasteiger partial charge < -0.3 is 0 Å². The van der Waals surface area contributed by atoms with E-state index in [4.69, 9.17) is 15.1 Å². The molecule has 0 saturated heterocycles. The third-order valence-corrected chi connectivity index (χ3v) is 4.70. The summed E-state index contributed by atoms with van der Waals surface area (Å²) >= 11 is 0. The van der Waals surface area contributed by atoms with E-state index < -0.39 is 14.9 Å². The van der Waals surface area contributed by atoms with E-state index in [1.54, 1.807) is 0 Å². The Morgan fingerprint density at radius 3 is 1.44 bits per heavy atom. The molecule has 4 radical (unpaired) electrons. The number of hydrogen-bond donors (Lipinski definition) is 0. The van der Waals surface area contributed by atoms with Crippen molar-refractivity contribution in [3.63, 3.8) is 0 Å². The van der Waals surface area contributed by atoms with Crippen molar-refractivity contribution in [2.45, 2.75) is 35.1 Å². The maximum atomic E-state index is 5.85. The topological polar surface area (TPSA) is 0 Å². The molecule has 0 aliphatic rings. The molecule has 0 nitrogen and oxygen atoms in total. The summed E-state index contributed by atoms with van der Waals surface area (Å²) in [6, 6.07) is 0. The van der Waals surface area contributed by atoms with Crippen molar-refractivity contribution < 1.29 is 0 Å². The molecule has 0 aromatic rings. The van der Waals surface area contributed by atoms with Crippen LogP contribution in [0.3, 0.4) is 0 Å². The lowest BCUT2D eigenvalue weighted by molar-refractivity contribution is 0.745. The quantitative estimate of drug-likeness (QED) is 0.524. The SMILES string of the molecule is C.[B][P+](C)(C)CC(C)C.[B][PH+](C)CC(C)C. The summed E-state index contributed by atoms with van der Waals surface area (Å²) in [4.78, 5) is 0. The first-order chi connectivity index (χ1) is 6.54. The van der Waals surface area contributed by atoms with Gasteiger partial charge in [0.2, 0.25) is 0 Å². The zero-order valence-electron chi connectivity index (χ0n) is 11.7. The predicted molar refractivity (Wildman–Crippen MR) is 90.7 cm³/mol. The normalized spacial score (nSPS) is 12.8. The molecular weight excluding hydrogens is 228 g/mol. The zero-order valence-corrected chi connectivity index (χ0v) is 13.6. The molecule has 0 amide bonds. The molecule has 0 heterocycles. The molecule has 1 atom stereocenters. The minimum atomic E-state index is -0.972. The van der Waals surface area contributed by atoms with E-state index in [1.807, 2.05) is 0 Å². The molecule has 0 aromatic carbocycles. The van der Waals surface area contributed by atoms with E-state index in [-0.39, 0.29) is 7.43 Å². The second kappa shape index (κ2) is 11.1. The van der Waals surface area contributed by atoms with Crippen LogP contribution < -0.4 is 0 Å². The molecule has 0 N–H and O–H groups in total.